The van der Waals surface area contributed by atoms with Gasteiger partial charge in [0.15, 0.2) is 0 Å². The number of nitrogens with one attached hydrogen (secondary N) is 1. The first-order valence-corrected chi connectivity index (χ1v) is 4.88. The summed E-state index contributed by atoms with van der Waals surface area (Å²) in [4.78, 5) is 0. The van der Waals surface area contributed by atoms with Gasteiger partial charge in [-0.1, -0.05) is 57.0 Å². The van der Waals surface area contributed by atoms with Gasteiger partial charge >= 0.3 is 0 Å². The van der Waals surface area contributed by atoms with Crippen molar-refractivity contribution in [2.75, 3.05) is 0 Å². The second kappa shape index (κ2) is 5.69. The summed E-state index contributed by atoms with van der Waals surface area (Å²) < 4.78 is 0. The topological polar surface area (TPSA) is 23.8 Å². The van der Waals surface area contributed by atoms with Gasteiger partial charge < -0.3 is 5.73 Å². The molecule has 0 aliphatic carbocycles. The van der Waals surface area contributed by atoms with E-state index in [9.17, 15) is 0 Å². The van der Waals surface area contributed by atoms with Gasteiger partial charge in [0.25, 0.3) is 0 Å². The number of hydrogen-bond acceptors (Lipinski definition) is 0. The van der Waals surface area contributed by atoms with Crippen molar-refractivity contribution in [1.29, 1.82) is 0 Å². The Balaban J connectivity index is 0.00000169. The molecule has 0 fully saturated rings. The molecular weight excluding hydrogens is 337 g/mol. The molecule has 0 unspecified atom stereocenters. The molecule has 0 aliphatic rings. The molecule has 0 saturated heterocycles. The largest absolute Gasteiger partial charge is 0.698 e. The van der Waals surface area contributed by atoms with E-state index in [1.165, 1.54) is 0 Å². The molecule has 0 saturated carbocycles. The zero-order chi connectivity index (χ0) is 10.0. The van der Waals surface area contributed by atoms with Crippen molar-refractivity contribution in [3.8, 4) is 0 Å². The van der Waals surface area contributed by atoms with Crippen LogP contribution in [-0.2, 0) is 25.8 Å². The van der Waals surface area contributed by atoms with Crippen molar-refractivity contribution in [1.82, 2.24) is 0 Å². The third kappa shape index (κ3) is 2.94. The summed E-state index contributed by atoms with van der Waals surface area (Å²) in [6, 6.07) is 6.17. The summed E-state index contributed by atoms with van der Waals surface area (Å²) in [6.07, 6.45) is 0. The average Bonchev–Trinajstić information content (AvgIpc) is 2.03. The monoisotopic (exact) mass is 356 g/mol. The van der Waals surface area contributed by atoms with Gasteiger partial charge in [-0.05, 0) is 11.8 Å². The Morgan fingerprint density at radius 2 is 1.29 bits per heavy atom. The van der Waals surface area contributed by atoms with Crippen molar-refractivity contribution < 1.29 is 25.8 Å². The zero-order valence-electron chi connectivity index (χ0n) is 9.39. The predicted molar refractivity (Wildman–Crippen MR) is 58.6 cm³/mol. The Labute approximate surface area is 106 Å². The molecule has 76 valence electrons. The second-order valence-electron chi connectivity index (χ2n) is 4.12. The van der Waals surface area contributed by atoms with E-state index in [1.54, 1.807) is 0 Å². The third-order valence-electron chi connectivity index (χ3n) is 2.37. The molecule has 0 amide bonds. The summed E-state index contributed by atoms with van der Waals surface area (Å²) in [5, 5.41) is 0. The fourth-order valence-electron chi connectivity index (χ4n) is 1.55. The van der Waals surface area contributed by atoms with Gasteiger partial charge in [-0.3, -0.25) is 0 Å². The minimum atomic E-state index is 0. The van der Waals surface area contributed by atoms with E-state index in [1.807, 2.05) is 0 Å². The van der Waals surface area contributed by atoms with Crippen molar-refractivity contribution in [3.63, 3.8) is 0 Å². The molecule has 2 heteroatoms. The molecule has 0 heterocycles. The van der Waals surface area contributed by atoms with E-state index >= 15 is 0 Å². The summed E-state index contributed by atoms with van der Waals surface area (Å²) in [5.41, 5.74) is 11.1. The molecule has 0 atom stereocenters. The minimum Gasteiger partial charge on any atom is -0.698 e. The normalized spacial score (nSPS) is 10.4. The Hall–Kier alpha value is -0.110. The van der Waals surface area contributed by atoms with E-state index in [0.717, 1.165) is 16.8 Å². The van der Waals surface area contributed by atoms with E-state index < -0.39 is 0 Å². The first kappa shape index (κ1) is 13.9. The molecular formula is C12H18HfN-. The fourth-order valence-corrected chi connectivity index (χ4v) is 1.55. The summed E-state index contributed by atoms with van der Waals surface area (Å²) in [5.74, 6) is 0.900. The number of hydrogen-bond donors (Lipinski definition) is 0. The van der Waals surface area contributed by atoms with Crippen LogP contribution in [0.1, 0.15) is 50.7 Å². The van der Waals surface area contributed by atoms with Crippen LogP contribution in [0.3, 0.4) is 0 Å². The summed E-state index contributed by atoms with van der Waals surface area (Å²) >= 11 is 0. The molecule has 1 nitrogen and oxygen atoms in total. The molecule has 0 aliphatic heterocycles. The van der Waals surface area contributed by atoms with Gasteiger partial charge in [0.1, 0.15) is 0 Å². The standard InChI is InChI=1S/C12H18N.Hf/c1-8(2)10-6-5-7-11(9(3)4)12(10)13;/h5-9,13H,1-4H3;/q-1;. The van der Waals surface area contributed by atoms with Gasteiger partial charge in [-0.2, -0.15) is 0 Å². The van der Waals surface area contributed by atoms with Crippen LogP contribution in [0.25, 0.3) is 5.73 Å². The van der Waals surface area contributed by atoms with Gasteiger partial charge in [-0.25, -0.2) is 0 Å². The summed E-state index contributed by atoms with van der Waals surface area (Å²) in [6.45, 7) is 8.55. The smallest absolute Gasteiger partial charge is 0 e. The van der Waals surface area contributed by atoms with Crippen LogP contribution in [0.4, 0.5) is 5.69 Å². The molecule has 0 spiro atoms. The Morgan fingerprint density at radius 1 is 0.929 bits per heavy atom. The maximum Gasteiger partial charge on any atom is 0 e. The van der Waals surface area contributed by atoms with Crippen LogP contribution in [0.5, 0.6) is 0 Å². The van der Waals surface area contributed by atoms with Crippen LogP contribution < -0.4 is 0 Å². The van der Waals surface area contributed by atoms with Crippen molar-refractivity contribution in [2.45, 2.75) is 39.5 Å². The summed E-state index contributed by atoms with van der Waals surface area (Å²) in [7, 11) is 0. The first-order valence-electron chi connectivity index (χ1n) is 4.88. The zero-order valence-corrected chi connectivity index (χ0v) is 13.0. The van der Waals surface area contributed by atoms with E-state index in [0.29, 0.717) is 11.8 Å². The van der Waals surface area contributed by atoms with Crippen molar-refractivity contribution in [2.24, 2.45) is 0 Å². The first-order chi connectivity index (χ1) is 6.04. The SMILES string of the molecule is CC(C)c1cccc(C(C)C)c1[NH-].[Hf]. The van der Waals surface area contributed by atoms with Crippen molar-refractivity contribution in [3.05, 3.63) is 35.1 Å². The van der Waals surface area contributed by atoms with Gasteiger partial charge in [0.2, 0.25) is 0 Å². The van der Waals surface area contributed by atoms with Crippen LogP contribution in [0.15, 0.2) is 18.2 Å². The molecule has 1 N–H and O–H groups in total. The fraction of sp³-hybridized carbons (Fsp3) is 0.500. The quantitative estimate of drug-likeness (QED) is 0.692. The molecule has 0 bridgehead atoms. The number of benzene rings is 1. The Kier molecular flexibility index (Phi) is 5.65. The van der Waals surface area contributed by atoms with Crippen molar-refractivity contribution >= 4 is 5.69 Å². The molecule has 1 rings (SSSR count). The minimum absolute atomic E-state index is 0. The van der Waals surface area contributed by atoms with E-state index in [4.69, 9.17) is 5.73 Å². The number of rotatable bonds is 2. The van der Waals surface area contributed by atoms with Crippen LogP contribution in [-0.4, -0.2) is 0 Å². The molecule has 0 radical (unpaired) electrons. The molecule has 14 heavy (non-hydrogen) atoms. The van der Waals surface area contributed by atoms with Gasteiger partial charge in [0.05, 0.1) is 0 Å². The Bertz CT molecular complexity index is 266. The van der Waals surface area contributed by atoms with Gasteiger partial charge in [0, 0.05) is 25.8 Å². The molecule has 1 aromatic rings. The Morgan fingerprint density at radius 3 is 1.57 bits per heavy atom. The van der Waals surface area contributed by atoms with Gasteiger partial charge in [-0.15, -0.1) is 5.69 Å². The predicted octanol–water partition coefficient (Wildman–Crippen LogP) is 4.61. The van der Waals surface area contributed by atoms with E-state index in [-0.39, 0.29) is 25.8 Å². The maximum atomic E-state index is 8.01. The average molecular weight is 355 g/mol. The van der Waals surface area contributed by atoms with Crippen LogP contribution in [0.2, 0.25) is 0 Å². The second-order valence-corrected chi connectivity index (χ2v) is 4.12. The van der Waals surface area contributed by atoms with E-state index in [2.05, 4.69) is 45.9 Å². The van der Waals surface area contributed by atoms with Crippen LogP contribution >= 0.6 is 0 Å². The maximum absolute atomic E-state index is 8.01. The third-order valence-corrected chi connectivity index (χ3v) is 2.37. The molecule has 1 aromatic carbocycles. The molecule has 0 aromatic heterocycles. The van der Waals surface area contributed by atoms with Crippen LogP contribution in [0, 0.1) is 0 Å².